The molecule has 1 aliphatic rings. The van der Waals surface area contributed by atoms with Crippen molar-refractivity contribution < 1.29 is 0 Å². The van der Waals surface area contributed by atoms with E-state index in [1.54, 1.807) is 6.33 Å². The minimum Gasteiger partial charge on any atom is -0.373 e. The average Bonchev–Trinajstić information content (AvgIpc) is 2.54. The van der Waals surface area contributed by atoms with Gasteiger partial charge in [0, 0.05) is 25.7 Å². The topological polar surface area (TPSA) is 41.1 Å². The van der Waals surface area contributed by atoms with Crippen molar-refractivity contribution in [2.75, 3.05) is 30.4 Å². The second-order valence-corrected chi connectivity index (χ2v) is 4.94. The second-order valence-electron chi connectivity index (χ2n) is 4.94. The van der Waals surface area contributed by atoms with Gasteiger partial charge in [-0.15, -0.1) is 0 Å². The summed E-state index contributed by atoms with van der Waals surface area (Å²) in [4.78, 5) is 11.1. The number of anilines is 2. The van der Waals surface area contributed by atoms with E-state index in [0.717, 1.165) is 36.2 Å². The fourth-order valence-corrected chi connectivity index (χ4v) is 2.49. The summed E-state index contributed by atoms with van der Waals surface area (Å²) in [6.07, 6.45) is 5.51. The lowest BCUT2D eigenvalue weighted by Gasteiger charge is -2.23. The van der Waals surface area contributed by atoms with Crippen molar-refractivity contribution >= 4 is 11.6 Å². The van der Waals surface area contributed by atoms with E-state index in [2.05, 4.69) is 34.0 Å². The van der Waals surface area contributed by atoms with Gasteiger partial charge in [-0.05, 0) is 32.1 Å². The van der Waals surface area contributed by atoms with Crippen molar-refractivity contribution in [3.8, 4) is 0 Å². The van der Waals surface area contributed by atoms with Gasteiger partial charge in [0.2, 0.25) is 0 Å². The molecule has 0 spiro atoms. The molecular formula is C13H22N4. The van der Waals surface area contributed by atoms with Crippen molar-refractivity contribution in [2.45, 2.75) is 33.1 Å². The number of rotatable bonds is 2. The van der Waals surface area contributed by atoms with Crippen LogP contribution in [0.3, 0.4) is 0 Å². The molecule has 0 bridgehead atoms. The number of nitrogens with zero attached hydrogens (tertiary/aromatic N) is 3. The monoisotopic (exact) mass is 234 g/mol. The summed E-state index contributed by atoms with van der Waals surface area (Å²) in [7, 11) is 1.91. The molecule has 1 aliphatic heterocycles. The molecule has 0 radical (unpaired) electrons. The van der Waals surface area contributed by atoms with Crippen molar-refractivity contribution in [2.24, 2.45) is 5.92 Å². The largest absolute Gasteiger partial charge is 0.373 e. The molecule has 1 unspecified atom stereocenters. The van der Waals surface area contributed by atoms with Crippen LogP contribution >= 0.6 is 0 Å². The van der Waals surface area contributed by atoms with Crippen molar-refractivity contribution in [3.05, 3.63) is 11.9 Å². The van der Waals surface area contributed by atoms with Gasteiger partial charge in [0.25, 0.3) is 0 Å². The van der Waals surface area contributed by atoms with E-state index in [4.69, 9.17) is 0 Å². The second kappa shape index (κ2) is 5.34. The first-order valence-electron chi connectivity index (χ1n) is 6.46. The van der Waals surface area contributed by atoms with Crippen LogP contribution in [0.15, 0.2) is 6.33 Å². The first kappa shape index (κ1) is 12.1. The van der Waals surface area contributed by atoms with Gasteiger partial charge in [0.1, 0.15) is 18.0 Å². The Balaban J connectivity index is 2.21. The maximum absolute atomic E-state index is 4.45. The van der Waals surface area contributed by atoms with Gasteiger partial charge < -0.3 is 10.2 Å². The fraction of sp³-hybridized carbons (Fsp3) is 0.692. The van der Waals surface area contributed by atoms with Crippen LogP contribution in [0, 0.1) is 12.8 Å². The van der Waals surface area contributed by atoms with E-state index in [-0.39, 0.29) is 0 Å². The summed E-state index contributed by atoms with van der Waals surface area (Å²) < 4.78 is 0. The SMILES string of the molecule is CNc1ncnc(N2CCCC(C)CC2)c1C. The fourth-order valence-electron chi connectivity index (χ4n) is 2.49. The predicted molar refractivity (Wildman–Crippen MR) is 71.5 cm³/mol. The summed E-state index contributed by atoms with van der Waals surface area (Å²) in [6, 6.07) is 0. The zero-order valence-corrected chi connectivity index (χ0v) is 11.0. The Bertz CT molecular complexity index is 378. The highest BCUT2D eigenvalue weighted by atomic mass is 15.2. The third kappa shape index (κ3) is 2.68. The van der Waals surface area contributed by atoms with E-state index in [1.165, 1.54) is 19.3 Å². The van der Waals surface area contributed by atoms with E-state index < -0.39 is 0 Å². The molecule has 1 fully saturated rings. The standard InChI is InChI=1S/C13H22N4/c1-10-5-4-7-17(8-6-10)13-11(2)12(14-3)15-9-16-13/h9-10H,4-8H2,1-3H3,(H,14,15,16). The number of hydrogen-bond acceptors (Lipinski definition) is 4. The van der Waals surface area contributed by atoms with Crippen LogP contribution in [0.4, 0.5) is 11.6 Å². The third-order valence-corrected chi connectivity index (χ3v) is 3.61. The van der Waals surface area contributed by atoms with Crippen LogP contribution in [0.25, 0.3) is 0 Å². The van der Waals surface area contributed by atoms with Gasteiger partial charge in [-0.25, -0.2) is 9.97 Å². The van der Waals surface area contributed by atoms with E-state index in [9.17, 15) is 0 Å². The molecule has 0 saturated carbocycles. The maximum Gasteiger partial charge on any atom is 0.137 e. The molecule has 2 rings (SSSR count). The van der Waals surface area contributed by atoms with Crippen molar-refractivity contribution in [1.82, 2.24) is 9.97 Å². The molecule has 2 heterocycles. The lowest BCUT2D eigenvalue weighted by molar-refractivity contribution is 0.521. The quantitative estimate of drug-likeness (QED) is 0.853. The number of nitrogens with one attached hydrogen (secondary N) is 1. The highest BCUT2D eigenvalue weighted by Gasteiger charge is 2.17. The van der Waals surface area contributed by atoms with Crippen molar-refractivity contribution in [1.29, 1.82) is 0 Å². The lowest BCUT2D eigenvalue weighted by Crippen LogP contribution is -2.26. The number of hydrogen-bond donors (Lipinski definition) is 1. The van der Waals surface area contributed by atoms with Gasteiger partial charge in [0.05, 0.1) is 0 Å². The molecule has 1 atom stereocenters. The Labute approximate surface area is 103 Å². The highest BCUT2D eigenvalue weighted by molar-refractivity contribution is 5.57. The molecule has 4 nitrogen and oxygen atoms in total. The Hall–Kier alpha value is -1.32. The Morgan fingerprint density at radius 3 is 2.88 bits per heavy atom. The van der Waals surface area contributed by atoms with E-state index >= 15 is 0 Å². The molecule has 0 aromatic carbocycles. The normalized spacial score (nSPS) is 21.1. The van der Waals surface area contributed by atoms with Crippen LogP contribution in [0.2, 0.25) is 0 Å². The Kier molecular flexibility index (Phi) is 3.82. The molecule has 4 heteroatoms. The minimum atomic E-state index is 0.839. The predicted octanol–water partition coefficient (Wildman–Crippen LogP) is 2.45. The molecule has 0 amide bonds. The molecule has 94 valence electrons. The van der Waals surface area contributed by atoms with Gasteiger partial charge in [-0.2, -0.15) is 0 Å². The van der Waals surface area contributed by atoms with Crippen LogP contribution in [-0.2, 0) is 0 Å². The maximum atomic E-state index is 4.45. The Morgan fingerprint density at radius 1 is 1.29 bits per heavy atom. The van der Waals surface area contributed by atoms with Crippen LogP contribution in [0.5, 0.6) is 0 Å². The molecule has 1 aromatic heterocycles. The summed E-state index contributed by atoms with van der Waals surface area (Å²) in [5, 5.41) is 3.12. The van der Waals surface area contributed by atoms with Gasteiger partial charge >= 0.3 is 0 Å². The third-order valence-electron chi connectivity index (χ3n) is 3.61. The average molecular weight is 234 g/mol. The minimum absolute atomic E-state index is 0.839. The van der Waals surface area contributed by atoms with E-state index in [1.807, 2.05) is 7.05 Å². The summed E-state index contributed by atoms with van der Waals surface area (Å²) in [5.41, 5.74) is 1.16. The zero-order valence-electron chi connectivity index (χ0n) is 11.0. The smallest absolute Gasteiger partial charge is 0.137 e. The van der Waals surface area contributed by atoms with Crippen molar-refractivity contribution in [3.63, 3.8) is 0 Å². The number of aromatic nitrogens is 2. The molecular weight excluding hydrogens is 212 g/mol. The Morgan fingerprint density at radius 2 is 2.12 bits per heavy atom. The van der Waals surface area contributed by atoms with Crippen LogP contribution in [-0.4, -0.2) is 30.1 Å². The summed E-state index contributed by atoms with van der Waals surface area (Å²) in [6.45, 7) is 6.67. The highest BCUT2D eigenvalue weighted by Crippen LogP contribution is 2.25. The van der Waals surface area contributed by atoms with Crippen LogP contribution < -0.4 is 10.2 Å². The van der Waals surface area contributed by atoms with Gasteiger partial charge in [-0.1, -0.05) is 6.92 Å². The lowest BCUT2D eigenvalue weighted by atomic mass is 10.0. The molecule has 17 heavy (non-hydrogen) atoms. The summed E-state index contributed by atoms with van der Waals surface area (Å²) >= 11 is 0. The summed E-state index contributed by atoms with van der Waals surface area (Å²) in [5.74, 6) is 2.87. The van der Waals surface area contributed by atoms with Gasteiger partial charge in [0.15, 0.2) is 0 Å². The van der Waals surface area contributed by atoms with Crippen LogP contribution in [0.1, 0.15) is 31.7 Å². The first-order valence-corrected chi connectivity index (χ1v) is 6.46. The van der Waals surface area contributed by atoms with Gasteiger partial charge in [-0.3, -0.25) is 0 Å². The molecule has 0 aliphatic carbocycles. The zero-order chi connectivity index (χ0) is 12.3. The molecule has 1 N–H and O–H groups in total. The molecule has 1 saturated heterocycles. The van der Waals surface area contributed by atoms with E-state index in [0.29, 0.717) is 0 Å². The first-order chi connectivity index (χ1) is 8.22. The molecule has 1 aromatic rings.